The van der Waals surface area contributed by atoms with E-state index < -0.39 is 0 Å². The topological polar surface area (TPSA) is 65.7 Å². The van der Waals surface area contributed by atoms with Gasteiger partial charge in [-0.15, -0.1) is 0 Å². The van der Waals surface area contributed by atoms with Crippen molar-refractivity contribution in [2.45, 2.75) is 12.2 Å². The number of carbonyl (C=O) groups excluding carboxylic acids is 1. The molecule has 1 fully saturated rings. The maximum absolute atomic E-state index is 12.6. The molecule has 1 heterocycles. The monoisotopic (exact) mass is 385 g/mol. The first-order valence-corrected chi connectivity index (χ1v) is 9.26. The van der Waals surface area contributed by atoms with Crippen LogP contribution < -0.4 is 4.74 Å². The van der Waals surface area contributed by atoms with Crippen molar-refractivity contribution in [3.63, 3.8) is 0 Å². The van der Waals surface area contributed by atoms with E-state index in [1.54, 1.807) is 65.2 Å². The average molecular weight is 386 g/mol. The Morgan fingerprint density at radius 3 is 2.81 bits per heavy atom. The van der Waals surface area contributed by atoms with Gasteiger partial charge in [0.2, 0.25) is 0 Å². The summed E-state index contributed by atoms with van der Waals surface area (Å²) in [6.07, 6.45) is 0. The first kappa shape index (κ1) is 18.3. The summed E-state index contributed by atoms with van der Waals surface area (Å²) in [7, 11) is 0. The predicted octanol–water partition coefficient (Wildman–Crippen LogP) is 4.24. The number of thioether (sulfide) groups is 1. The maximum Gasteiger partial charge on any atom is 0.266 e. The van der Waals surface area contributed by atoms with Gasteiger partial charge in [-0.25, -0.2) is 4.99 Å². The van der Waals surface area contributed by atoms with E-state index >= 15 is 0 Å². The van der Waals surface area contributed by atoms with Crippen LogP contribution in [0.1, 0.15) is 12.5 Å². The summed E-state index contributed by atoms with van der Waals surface area (Å²) in [5.41, 5.74) is 1.14. The summed E-state index contributed by atoms with van der Waals surface area (Å²) in [5.74, 6) is 0.210. The molecule has 0 N–H and O–H groups in total. The lowest BCUT2D eigenvalue weighted by atomic mass is 10.2. The van der Waals surface area contributed by atoms with Crippen LogP contribution in [0.15, 0.2) is 53.5 Å². The maximum atomic E-state index is 12.6. The zero-order valence-electron chi connectivity index (χ0n) is 14.1. The second-order valence-corrected chi connectivity index (χ2v) is 7.54. The fraction of sp³-hybridized carbons (Fsp3) is 0.211. The summed E-state index contributed by atoms with van der Waals surface area (Å²) in [6, 6.07) is 16.0. The van der Waals surface area contributed by atoms with Gasteiger partial charge >= 0.3 is 0 Å². The number of aliphatic imine (C=N–C) groups is 1. The SMILES string of the molecule is C[C@H]1CN(C(=O)COc2ccccc2C#N)C(=Nc2ccc(Cl)cc2)S1. The van der Waals surface area contributed by atoms with Gasteiger partial charge in [0.15, 0.2) is 11.8 Å². The highest BCUT2D eigenvalue weighted by molar-refractivity contribution is 8.14. The smallest absolute Gasteiger partial charge is 0.266 e. The first-order valence-electron chi connectivity index (χ1n) is 8.00. The summed E-state index contributed by atoms with van der Waals surface area (Å²) in [4.78, 5) is 18.8. The zero-order valence-corrected chi connectivity index (χ0v) is 15.6. The molecular weight excluding hydrogens is 370 g/mol. The Morgan fingerprint density at radius 1 is 1.35 bits per heavy atom. The lowest BCUT2D eigenvalue weighted by molar-refractivity contribution is -0.129. The zero-order chi connectivity index (χ0) is 18.5. The van der Waals surface area contributed by atoms with Gasteiger partial charge in [0.05, 0.1) is 11.3 Å². The molecule has 0 aliphatic carbocycles. The highest BCUT2D eigenvalue weighted by Gasteiger charge is 2.31. The third-order valence-corrected chi connectivity index (χ3v) is 5.01. The molecule has 1 aliphatic heterocycles. The highest BCUT2D eigenvalue weighted by Crippen LogP contribution is 2.29. The van der Waals surface area contributed by atoms with Crippen molar-refractivity contribution in [3.8, 4) is 11.8 Å². The van der Waals surface area contributed by atoms with Gasteiger partial charge in [0.25, 0.3) is 5.91 Å². The summed E-state index contributed by atoms with van der Waals surface area (Å²) >= 11 is 7.44. The average Bonchev–Trinajstić information content (AvgIpc) is 3.02. The van der Waals surface area contributed by atoms with Crippen LogP contribution in [0.4, 0.5) is 5.69 Å². The number of carbonyl (C=O) groups is 1. The van der Waals surface area contributed by atoms with Gasteiger partial charge in [0.1, 0.15) is 11.8 Å². The summed E-state index contributed by atoms with van der Waals surface area (Å²) in [6.45, 7) is 2.46. The van der Waals surface area contributed by atoms with Crippen molar-refractivity contribution in [1.29, 1.82) is 5.26 Å². The number of nitriles is 1. The second-order valence-electron chi connectivity index (χ2n) is 5.70. The molecule has 0 radical (unpaired) electrons. The number of para-hydroxylation sites is 1. The minimum absolute atomic E-state index is 0.147. The molecule has 0 spiro atoms. The van der Waals surface area contributed by atoms with Crippen LogP contribution in [0.25, 0.3) is 0 Å². The number of hydrogen-bond donors (Lipinski definition) is 0. The van der Waals surface area contributed by atoms with Crippen LogP contribution >= 0.6 is 23.4 Å². The number of amidine groups is 1. The third kappa shape index (κ3) is 4.37. The van der Waals surface area contributed by atoms with E-state index in [1.807, 2.05) is 6.92 Å². The van der Waals surface area contributed by atoms with Crippen molar-refractivity contribution in [1.82, 2.24) is 4.90 Å². The molecule has 0 saturated carbocycles. The molecule has 26 heavy (non-hydrogen) atoms. The number of halogens is 1. The van der Waals surface area contributed by atoms with Gasteiger partial charge in [-0.1, -0.05) is 42.4 Å². The van der Waals surface area contributed by atoms with Gasteiger partial charge in [-0.2, -0.15) is 5.26 Å². The van der Waals surface area contributed by atoms with E-state index in [0.29, 0.717) is 28.0 Å². The Labute approximate surface area is 161 Å². The van der Waals surface area contributed by atoms with Crippen LogP contribution in [0.5, 0.6) is 5.75 Å². The lowest BCUT2D eigenvalue weighted by Gasteiger charge is -2.16. The van der Waals surface area contributed by atoms with Crippen molar-refractivity contribution in [2.75, 3.05) is 13.2 Å². The molecule has 5 nitrogen and oxygen atoms in total. The van der Waals surface area contributed by atoms with E-state index in [4.69, 9.17) is 21.6 Å². The van der Waals surface area contributed by atoms with Crippen molar-refractivity contribution < 1.29 is 9.53 Å². The molecular formula is C19H16ClN3O2S. The van der Waals surface area contributed by atoms with Crippen molar-refractivity contribution >= 4 is 40.1 Å². The first-order chi connectivity index (χ1) is 12.6. The largest absolute Gasteiger partial charge is 0.482 e. The predicted molar refractivity (Wildman–Crippen MR) is 104 cm³/mol. The Balaban J connectivity index is 1.72. The van der Waals surface area contributed by atoms with E-state index in [0.717, 1.165) is 5.69 Å². The molecule has 0 bridgehead atoms. The van der Waals surface area contributed by atoms with Crippen LogP contribution in [-0.2, 0) is 4.79 Å². The Morgan fingerprint density at radius 2 is 2.08 bits per heavy atom. The van der Waals surface area contributed by atoms with E-state index in [9.17, 15) is 4.79 Å². The van der Waals surface area contributed by atoms with E-state index in [-0.39, 0.29) is 17.8 Å². The van der Waals surface area contributed by atoms with Gasteiger partial charge in [-0.3, -0.25) is 9.69 Å². The minimum atomic E-state index is -0.192. The number of nitrogens with zero attached hydrogens (tertiary/aromatic N) is 3. The third-order valence-electron chi connectivity index (χ3n) is 3.69. The Kier molecular flexibility index (Phi) is 5.82. The van der Waals surface area contributed by atoms with Gasteiger partial charge in [-0.05, 0) is 36.4 Å². The fourth-order valence-electron chi connectivity index (χ4n) is 2.44. The number of benzene rings is 2. The number of ether oxygens (including phenoxy) is 1. The molecule has 2 aromatic rings. The normalized spacial score (nSPS) is 18.0. The molecule has 1 saturated heterocycles. The Bertz CT molecular complexity index is 877. The minimum Gasteiger partial charge on any atom is -0.482 e. The molecule has 1 aliphatic rings. The molecule has 1 amide bonds. The molecule has 3 rings (SSSR count). The van der Waals surface area contributed by atoms with Gasteiger partial charge in [0, 0.05) is 16.8 Å². The van der Waals surface area contributed by atoms with Crippen molar-refractivity contribution in [3.05, 3.63) is 59.1 Å². The molecule has 2 aromatic carbocycles. The molecule has 0 unspecified atom stereocenters. The van der Waals surface area contributed by atoms with Crippen LogP contribution in [0, 0.1) is 11.3 Å². The second kappa shape index (κ2) is 8.26. The molecule has 0 aromatic heterocycles. The van der Waals surface area contributed by atoms with Crippen LogP contribution in [-0.4, -0.2) is 34.4 Å². The molecule has 1 atom stereocenters. The molecule has 7 heteroatoms. The number of hydrogen-bond acceptors (Lipinski definition) is 5. The summed E-state index contributed by atoms with van der Waals surface area (Å²) < 4.78 is 5.56. The summed E-state index contributed by atoms with van der Waals surface area (Å²) in [5, 5.41) is 10.6. The quantitative estimate of drug-likeness (QED) is 0.789. The van der Waals surface area contributed by atoms with Crippen LogP contribution in [0.2, 0.25) is 5.02 Å². The fourth-order valence-corrected chi connectivity index (χ4v) is 3.61. The van der Waals surface area contributed by atoms with Crippen LogP contribution in [0.3, 0.4) is 0 Å². The standard InChI is InChI=1S/C19H16ClN3O2S/c1-13-11-23(19(26-13)22-16-8-6-15(20)7-9-16)18(24)12-25-17-5-3-2-4-14(17)10-21/h2-9,13H,11-12H2,1H3/t13-/m0/s1. The van der Waals surface area contributed by atoms with Crippen molar-refractivity contribution in [2.24, 2.45) is 4.99 Å². The Hall–Kier alpha value is -2.49. The number of amides is 1. The highest BCUT2D eigenvalue weighted by atomic mass is 35.5. The number of rotatable bonds is 4. The van der Waals surface area contributed by atoms with Gasteiger partial charge < -0.3 is 4.74 Å². The van der Waals surface area contributed by atoms with E-state index in [2.05, 4.69) is 11.1 Å². The molecule has 132 valence electrons. The van der Waals surface area contributed by atoms with E-state index in [1.165, 1.54) is 0 Å². The lowest BCUT2D eigenvalue weighted by Crippen LogP contribution is -2.36.